The van der Waals surface area contributed by atoms with E-state index in [-0.39, 0.29) is 5.92 Å². The number of nitrogens with one attached hydrogen (secondary N) is 1. The highest BCUT2D eigenvalue weighted by Crippen LogP contribution is 2.19. The Labute approximate surface area is 95.9 Å². The van der Waals surface area contributed by atoms with Gasteiger partial charge < -0.3 is 5.32 Å². The second-order valence-electron chi connectivity index (χ2n) is 4.62. The summed E-state index contributed by atoms with van der Waals surface area (Å²) < 4.78 is 26.1. The summed E-state index contributed by atoms with van der Waals surface area (Å²) in [7, 11) is 0. The smallest absolute Gasteiger partial charge is 0.129 e. The van der Waals surface area contributed by atoms with Crippen LogP contribution in [-0.2, 0) is 0 Å². The zero-order valence-corrected chi connectivity index (χ0v) is 10.1. The Morgan fingerprint density at radius 3 is 2.38 bits per heavy atom. The van der Waals surface area contributed by atoms with Crippen LogP contribution in [0.3, 0.4) is 0 Å². The monoisotopic (exact) mass is 227 g/mol. The predicted octanol–water partition coefficient (Wildman–Crippen LogP) is 3.31. The molecule has 0 fully saturated rings. The summed E-state index contributed by atoms with van der Waals surface area (Å²) in [5, 5.41) is 3.26. The summed E-state index contributed by atoms with van der Waals surface area (Å²) in [6, 6.07) is 3.76. The molecule has 16 heavy (non-hydrogen) atoms. The fourth-order valence-corrected chi connectivity index (χ4v) is 1.60. The van der Waals surface area contributed by atoms with Gasteiger partial charge >= 0.3 is 0 Å². The van der Waals surface area contributed by atoms with E-state index >= 15 is 0 Å². The van der Waals surface area contributed by atoms with Gasteiger partial charge in [0.25, 0.3) is 0 Å². The molecule has 0 aliphatic heterocycles. The molecule has 0 spiro atoms. The number of benzene rings is 1. The van der Waals surface area contributed by atoms with Gasteiger partial charge in [-0.15, -0.1) is 0 Å². The minimum absolute atomic E-state index is 0.0550. The standard InChI is InChI=1S/C13H19F2N/c1-9(2)7-16-8-10(3)12-5-4-11(14)6-13(12)15/h4-6,9-10,16H,7-8H2,1-3H3. The van der Waals surface area contributed by atoms with E-state index < -0.39 is 11.6 Å². The van der Waals surface area contributed by atoms with E-state index in [0.29, 0.717) is 18.0 Å². The Hall–Kier alpha value is -0.960. The molecule has 1 rings (SSSR count). The van der Waals surface area contributed by atoms with Gasteiger partial charge in [-0.25, -0.2) is 8.78 Å². The lowest BCUT2D eigenvalue weighted by molar-refractivity contribution is 0.511. The van der Waals surface area contributed by atoms with Gasteiger partial charge in [0.1, 0.15) is 11.6 Å². The third-order valence-electron chi connectivity index (χ3n) is 2.50. The predicted molar refractivity (Wildman–Crippen MR) is 62.5 cm³/mol. The first-order valence-corrected chi connectivity index (χ1v) is 5.66. The molecule has 1 atom stereocenters. The first kappa shape index (κ1) is 13.1. The van der Waals surface area contributed by atoms with Gasteiger partial charge in [0.2, 0.25) is 0 Å². The highest BCUT2D eigenvalue weighted by Gasteiger charge is 2.11. The first-order valence-electron chi connectivity index (χ1n) is 5.66. The fourth-order valence-electron chi connectivity index (χ4n) is 1.60. The minimum atomic E-state index is -0.524. The molecule has 0 saturated carbocycles. The van der Waals surface area contributed by atoms with Crippen molar-refractivity contribution in [2.45, 2.75) is 26.7 Å². The maximum absolute atomic E-state index is 13.4. The molecule has 0 aromatic heterocycles. The van der Waals surface area contributed by atoms with Gasteiger partial charge in [0.05, 0.1) is 0 Å². The molecule has 0 bridgehead atoms. The van der Waals surface area contributed by atoms with Gasteiger partial charge in [0, 0.05) is 12.6 Å². The highest BCUT2D eigenvalue weighted by molar-refractivity contribution is 5.22. The third-order valence-corrected chi connectivity index (χ3v) is 2.50. The average molecular weight is 227 g/mol. The molecule has 0 saturated heterocycles. The van der Waals surface area contributed by atoms with Crippen LogP contribution in [0.25, 0.3) is 0 Å². The van der Waals surface area contributed by atoms with E-state index in [1.165, 1.54) is 12.1 Å². The van der Waals surface area contributed by atoms with Crippen molar-refractivity contribution in [1.82, 2.24) is 5.32 Å². The van der Waals surface area contributed by atoms with E-state index in [0.717, 1.165) is 12.6 Å². The van der Waals surface area contributed by atoms with Crippen LogP contribution in [0.15, 0.2) is 18.2 Å². The summed E-state index contributed by atoms with van der Waals surface area (Å²) >= 11 is 0. The zero-order chi connectivity index (χ0) is 12.1. The zero-order valence-electron chi connectivity index (χ0n) is 10.1. The Balaban J connectivity index is 2.55. The van der Waals surface area contributed by atoms with Crippen molar-refractivity contribution in [2.24, 2.45) is 5.92 Å². The van der Waals surface area contributed by atoms with Crippen LogP contribution in [0, 0.1) is 17.6 Å². The van der Waals surface area contributed by atoms with Crippen molar-refractivity contribution in [3.05, 3.63) is 35.4 Å². The lowest BCUT2D eigenvalue weighted by atomic mass is 10.0. The average Bonchev–Trinajstić information content (AvgIpc) is 2.16. The molecular formula is C13H19F2N. The normalized spacial score (nSPS) is 13.1. The first-order chi connectivity index (χ1) is 7.50. The maximum Gasteiger partial charge on any atom is 0.129 e. The van der Waals surface area contributed by atoms with Crippen molar-refractivity contribution in [3.63, 3.8) is 0 Å². The van der Waals surface area contributed by atoms with Gasteiger partial charge in [-0.3, -0.25) is 0 Å². The summed E-state index contributed by atoms with van der Waals surface area (Å²) in [6.45, 7) is 7.80. The number of hydrogen-bond acceptors (Lipinski definition) is 1. The fraction of sp³-hybridized carbons (Fsp3) is 0.538. The van der Waals surface area contributed by atoms with Crippen molar-refractivity contribution in [2.75, 3.05) is 13.1 Å². The Kier molecular flexibility index (Phi) is 4.87. The van der Waals surface area contributed by atoms with E-state index in [1.807, 2.05) is 6.92 Å². The van der Waals surface area contributed by atoms with E-state index in [1.54, 1.807) is 0 Å². The maximum atomic E-state index is 13.4. The van der Waals surface area contributed by atoms with Crippen LogP contribution < -0.4 is 5.32 Å². The van der Waals surface area contributed by atoms with Crippen LogP contribution >= 0.6 is 0 Å². The summed E-state index contributed by atoms with van der Waals surface area (Å²) in [4.78, 5) is 0. The van der Waals surface area contributed by atoms with Gasteiger partial charge in [0.15, 0.2) is 0 Å². The second kappa shape index (κ2) is 5.94. The second-order valence-corrected chi connectivity index (χ2v) is 4.62. The molecule has 0 aliphatic rings. The molecule has 1 unspecified atom stereocenters. The molecular weight excluding hydrogens is 208 g/mol. The van der Waals surface area contributed by atoms with Crippen molar-refractivity contribution in [1.29, 1.82) is 0 Å². The van der Waals surface area contributed by atoms with E-state index in [4.69, 9.17) is 0 Å². The molecule has 0 radical (unpaired) electrons. The van der Waals surface area contributed by atoms with Crippen LogP contribution in [0.1, 0.15) is 32.3 Å². The van der Waals surface area contributed by atoms with Crippen molar-refractivity contribution in [3.8, 4) is 0 Å². The highest BCUT2D eigenvalue weighted by atomic mass is 19.1. The molecule has 90 valence electrons. The lowest BCUT2D eigenvalue weighted by Crippen LogP contribution is -2.24. The molecule has 0 amide bonds. The SMILES string of the molecule is CC(C)CNCC(C)c1ccc(F)cc1F. The molecule has 1 N–H and O–H groups in total. The van der Waals surface area contributed by atoms with Gasteiger partial charge in [-0.2, -0.15) is 0 Å². The molecule has 1 aromatic rings. The quantitative estimate of drug-likeness (QED) is 0.813. The van der Waals surface area contributed by atoms with Crippen LogP contribution in [0.5, 0.6) is 0 Å². The third kappa shape index (κ3) is 3.89. The minimum Gasteiger partial charge on any atom is -0.316 e. The van der Waals surface area contributed by atoms with E-state index in [2.05, 4.69) is 19.2 Å². The molecule has 1 nitrogen and oxygen atoms in total. The molecule has 0 aliphatic carbocycles. The summed E-state index contributed by atoms with van der Waals surface area (Å²) in [5.41, 5.74) is 0.567. The summed E-state index contributed by atoms with van der Waals surface area (Å²) in [6.07, 6.45) is 0. The van der Waals surface area contributed by atoms with Crippen molar-refractivity contribution >= 4 is 0 Å². The Morgan fingerprint density at radius 1 is 1.12 bits per heavy atom. The van der Waals surface area contributed by atoms with Gasteiger partial charge in [-0.05, 0) is 30.0 Å². The van der Waals surface area contributed by atoms with Gasteiger partial charge in [-0.1, -0.05) is 26.8 Å². The topological polar surface area (TPSA) is 12.0 Å². The van der Waals surface area contributed by atoms with Crippen LogP contribution in [0.4, 0.5) is 8.78 Å². The van der Waals surface area contributed by atoms with E-state index in [9.17, 15) is 8.78 Å². The Morgan fingerprint density at radius 2 is 1.81 bits per heavy atom. The lowest BCUT2D eigenvalue weighted by Gasteiger charge is -2.15. The van der Waals surface area contributed by atoms with Crippen LogP contribution in [0.2, 0.25) is 0 Å². The molecule has 3 heteroatoms. The largest absolute Gasteiger partial charge is 0.316 e. The summed E-state index contributed by atoms with van der Waals surface area (Å²) in [5.74, 6) is -0.355. The number of halogens is 2. The molecule has 0 heterocycles. The molecule has 1 aromatic carbocycles. The van der Waals surface area contributed by atoms with Crippen molar-refractivity contribution < 1.29 is 8.78 Å². The van der Waals surface area contributed by atoms with Crippen LogP contribution in [-0.4, -0.2) is 13.1 Å². The number of hydrogen-bond donors (Lipinski definition) is 1. The number of rotatable bonds is 5. The Bertz CT molecular complexity index is 337.